The molecule has 3 nitrogen and oxygen atoms in total. The van der Waals surface area contributed by atoms with Crippen molar-refractivity contribution < 1.29 is 0 Å². The van der Waals surface area contributed by atoms with Crippen molar-refractivity contribution in [2.24, 2.45) is 0 Å². The summed E-state index contributed by atoms with van der Waals surface area (Å²) in [7, 11) is 0. The highest BCUT2D eigenvalue weighted by Crippen LogP contribution is 2.17. The molecule has 3 aromatic rings. The van der Waals surface area contributed by atoms with Gasteiger partial charge in [0.2, 0.25) is 0 Å². The molecule has 0 aliphatic heterocycles. The molecule has 1 N–H and O–H groups in total. The summed E-state index contributed by atoms with van der Waals surface area (Å²) in [6.45, 7) is 4.25. The van der Waals surface area contributed by atoms with E-state index in [0.717, 1.165) is 35.4 Å². The van der Waals surface area contributed by atoms with Gasteiger partial charge in [0, 0.05) is 18.3 Å². The molecule has 3 rings (SSSR count). The van der Waals surface area contributed by atoms with Crippen molar-refractivity contribution in [2.45, 2.75) is 26.7 Å². The average molecular weight is 251 g/mol. The fraction of sp³-hybridized carbons (Fsp3) is 0.250. The smallest absolute Gasteiger partial charge is 0.107 e. The summed E-state index contributed by atoms with van der Waals surface area (Å²) in [4.78, 5) is 12.4. The van der Waals surface area contributed by atoms with Gasteiger partial charge in [-0.2, -0.15) is 0 Å². The van der Waals surface area contributed by atoms with Crippen molar-refractivity contribution >= 4 is 11.0 Å². The summed E-state index contributed by atoms with van der Waals surface area (Å²) in [6.07, 6.45) is 3.64. The van der Waals surface area contributed by atoms with Crippen LogP contribution in [0.15, 0.2) is 36.5 Å². The van der Waals surface area contributed by atoms with Crippen molar-refractivity contribution in [3.63, 3.8) is 0 Å². The van der Waals surface area contributed by atoms with Gasteiger partial charge in [0.05, 0.1) is 11.0 Å². The Labute approximate surface area is 112 Å². The van der Waals surface area contributed by atoms with Gasteiger partial charge in [0.25, 0.3) is 0 Å². The molecule has 0 aliphatic rings. The minimum Gasteiger partial charge on any atom is -0.342 e. The van der Waals surface area contributed by atoms with Crippen LogP contribution < -0.4 is 0 Å². The zero-order chi connectivity index (χ0) is 13.2. The normalized spacial score (nSPS) is 11.1. The Morgan fingerprint density at radius 2 is 1.89 bits per heavy atom. The maximum Gasteiger partial charge on any atom is 0.107 e. The lowest BCUT2D eigenvalue weighted by molar-refractivity contribution is 0.861. The van der Waals surface area contributed by atoms with Gasteiger partial charge in [0.1, 0.15) is 5.82 Å². The molecule has 0 bridgehead atoms. The molecule has 0 radical (unpaired) electrons. The van der Waals surface area contributed by atoms with Gasteiger partial charge in [-0.1, -0.05) is 6.07 Å². The fourth-order valence-corrected chi connectivity index (χ4v) is 2.23. The van der Waals surface area contributed by atoms with Crippen LogP contribution in [0.1, 0.15) is 22.6 Å². The van der Waals surface area contributed by atoms with Gasteiger partial charge in [-0.3, -0.25) is 4.98 Å². The van der Waals surface area contributed by atoms with E-state index in [2.05, 4.69) is 47.0 Å². The van der Waals surface area contributed by atoms with E-state index in [9.17, 15) is 0 Å². The molecule has 96 valence electrons. The van der Waals surface area contributed by atoms with E-state index in [0.29, 0.717) is 0 Å². The van der Waals surface area contributed by atoms with E-state index >= 15 is 0 Å². The van der Waals surface area contributed by atoms with Crippen molar-refractivity contribution in [2.75, 3.05) is 0 Å². The molecule has 1 aromatic carbocycles. The first-order valence-electron chi connectivity index (χ1n) is 6.58. The van der Waals surface area contributed by atoms with E-state index in [1.165, 1.54) is 11.1 Å². The quantitative estimate of drug-likeness (QED) is 0.775. The van der Waals surface area contributed by atoms with Crippen LogP contribution in [0.25, 0.3) is 11.0 Å². The van der Waals surface area contributed by atoms with Crippen molar-refractivity contribution in [1.82, 2.24) is 15.0 Å². The van der Waals surface area contributed by atoms with E-state index in [4.69, 9.17) is 0 Å². The molecule has 0 saturated heterocycles. The number of nitrogens with zero attached hydrogens (tertiary/aromatic N) is 2. The monoisotopic (exact) mass is 251 g/mol. The molecular formula is C16H17N3. The lowest BCUT2D eigenvalue weighted by Gasteiger charge is -1.97. The van der Waals surface area contributed by atoms with Crippen LogP contribution in [0, 0.1) is 13.8 Å². The SMILES string of the molecule is Cc1cc2nc(CCc3ccccn3)[nH]c2cc1C. The zero-order valence-corrected chi connectivity index (χ0v) is 11.3. The molecule has 0 atom stereocenters. The second kappa shape index (κ2) is 4.84. The number of pyridine rings is 1. The number of aromatic amines is 1. The Kier molecular flexibility index (Phi) is 3.03. The van der Waals surface area contributed by atoms with E-state index in [1.54, 1.807) is 0 Å². The van der Waals surface area contributed by atoms with Crippen LogP contribution in [-0.2, 0) is 12.8 Å². The Hall–Kier alpha value is -2.16. The van der Waals surface area contributed by atoms with E-state index in [1.807, 2.05) is 18.3 Å². The number of H-pyrrole nitrogens is 1. The highest BCUT2D eigenvalue weighted by Gasteiger charge is 2.05. The van der Waals surface area contributed by atoms with Gasteiger partial charge < -0.3 is 4.98 Å². The highest BCUT2D eigenvalue weighted by atomic mass is 14.9. The maximum absolute atomic E-state index is 4.65. The molecule has 0 unspecified atom stereocenters. The lowest BCUT2D eigenvalue weighted by Crippen LogP contribution is -1.95. The predicted octanol–water partition coefficient (Wildman–Crippen LogP) is 3.36. The number of nitrogens with one attached hydrogen (secondary N) is 1. The van der Waals surface area contributed by atoms with Crippen molar-refractivity contribution in [3.8, 4) is 0 Å². The van der Waals surface area contributed by atoms with E-state index < -0.39 is 0 Å². The van der Waals surface area contributed by atoms with Crippen LogP contribution in [0.4, 0.5) is 0 Å². The summed E-state index contributed by atoms with van der Waals surface area (Å²) in [6, 6.07) is 10.3. The second-order valence-corrected chi connectivity index (χ2v) is 4.96. The summed E-state index contributed by atoms with van der Waals surface area (Å²) in [5, 5.41) is 0. The van der Waals surface area contributed by atoms with Crippen LogP contribution in [0.3, 0.4) is 0 Å². The maximum atomic E-state index is 4.65. The Balaban J connectivity index is 1.82. The predicted molar refractivity (Wildman–Crippen MR) is 77.2 cm³/mol. The first kappa shape index (κ1) is 11.9. The van der Waals surface area contributed by atoms with Gasteiger partial charge >= 0.3 is 0 Å². The Bertz CT molecular complexity index is 660. The van der Waals surface area contributed by atoms with Crippen LogP contribution >= 0.6 is 0 Å². The molecule has 0 amide bonds. The Morgan fingerprint density at radius 3 is 2.68 bits per heavy atom. The highest BCUT2D eigenvalue weighted by molar-refractivity contribution is 5.77. The molecule has 0 aliphatic carbocycles. The average Bonchev–Trinajstić information content (AvgIpc) is 2.80. The van der Waals surface area contributed by atoms with Crippen LogP contribution in [0.5, 0.6) is 0 Å². The van der Waals surface area contributed by atoms with Gasteiger partial charge in [-0.25, -0.2) is 4.98 Å². The minimum absolute atomic E-state index is 0.893. The number of hydrogen-bond acceptors (Lipinski definition) is 2. The number of fused-ring (bicyclic) bond motifs is 1. The number of aryl methyl sites for hydroxylation is 4. The molecule has 2 heterocycles. The molecule has 0 spiro atoms. The number of hydrogen-bond donors (Lipinski definition) is 1. The summed E-state index contributed by atoms with van der Waals surface area (Å²) in [5.74, 6) is 1.03. The lowest BCUT2D eigenvalue weighted by atomic mass is 10.1. The summed E-state index contributed by atoms with van der Waals surface area (Å²) >= 11 is 0. The first-order chi connectivity index (χ1) is 9.22. The zero-order valence-electron chi connectivity index (χ0n) is 11.3. The molecule has 3 heteroatoms. The number of imidazole rings is 1. The van der Waals surface area contributed by atoms with Crippen molar-refractivity contribution in [3.05, 3.63) is 59.2 Å². The largest absolute Gasteiger partial charge is 0.342 e. The number of benzene rings is 1. The third-order valence-corrected chi connectivity index (χ3v) is 3.49. The van der Waals surface area contributed by atoms with Crippen LogP contribution in [0.2, 0.25) is 0 Å². The standard InChI is InChI=1S/C16H17N3/c1-11-9-14-15(10-12(11)2)19-16(18-14)7-6-13-5-3-4-8-17-13/h3-5,8-10H,6-7H2,1-2H3,(H,18,19). The fourth-order valence-electron chi connectivity index (χ4n) is 2.23. The van der Waals surface area contributed by atoms with E-state index in [-0.39, 0.29) is 0 Å². The first-order valence-corrected chi connectivity index (χ1v) is 6.58. The third kappa shape index (κ3) is 2.50. The van der Waals surface area contributed by atoms with Gasteiger partial charge in [-0.15, -0.1) is 0 Å². The number of rotatable bonds is 3. The molecular weight excluding hydrogens is 234 g/mol. The third-order valence-electron chi connectivity index (χ3n) is 3.49. The topological polar surface area (TPSA) is 41.6 Å². The summed E-state index contributed by atoms with van der Waals surface area (Å²) in [5.41, 5.74) is 5.87. The molecule has 0 saturated carbocycles. The molecule has 2 aromatic heterocycles. The minimum atomic E-state index is 0.893. The summed E-state index contributed by atoms with van der Waals surface area (Å²) < 4.78 is 0. The molecule has 19 heavy (non-hydrogen) atoms. The Morgan fingerprint density at radius 1 is 1.05 bits per heavy atom. The van der Waals surface area contributed by atoms with Crippen molar-refractivity contribution in [1.29, 1.82) is 0 Å². The number of aromatic nitrogens is 3. The van der Waals surface area contributed by atoms with Gasteiger partial charge in [0.15, 0.2) is 0 Å². The van der Waals surface area contributed by atoms with Gasteiger partial charge in [-0.05, 0) is 55.7 Å². The molecule has 0 fully saturated rings. The van der Waals surface area contributed by atoms with Crippen LogP contribution in [-0.4, -0.2) is 15.0 Å². The second-order valence-electron chi connectivity index (χ2n) is 4.96.